The van der Waals surface area contributed by atoms with Crippen molar-refractivity contribution in [1.82, 2.24) is 10.2 Å². The van der Waals surface area contributed by atoms with Gasteiger partial charge in [0.05, 0.1) is 5.56 Å². The third kappa shape index (κ3) is 5.01. The molecular weight excluding hydrogens is 345 g/mol. The number of benzene rings is 1. The fraction of sp³-hybridized carbons (Fsp3) is 0.562. The number of likely N-dealkylation sites (tertiary alicyclic amines) is 1. The van der Waals surface area contributed by atoms with Gasteiger partial charge in [0.2, 0.25) is 0 Å². The minimum atomic E-state index is -4.51. The molecule has 24 heavy (non-hydrogen) atoms. The summed E-state index contributed by atoms with van der Waals surface area (Å²) in [6.07, 6.45) is -3.81. The van der Waals surface area contributed by atoms with Crippen molar-refractivity contribution in [2.45, 2.75) is 38.1 Å². The number of hydrogen-bond donors (Lipinski definition) is 1. The van der Waals surface area contributed by atoms with E-state index >= 15 is 0 Å². The van der Waals surface area contributed by atoms with E-state index in [9.17, 15) is 18.0 Å². The number of hydrogen-bond acceptors (Lipinski definition) is 3. The van der Waals surface area contributed by atoms with Gasteiger partial charge in [0.1, 0.15) is 5.75 Å². The van der Waals surface area contributed by atoms with Crippen molar-refractivity contribution in [2.24, 2.45) is 0 Å². The third-order valence-electron chi connectivity index (χ3n) is 4.06. The molecule has 1 amide bonds. The summed E-state index contributed by atoms with van der Waals surface area (Å²) in [6, 6.07) is 5.32. The SMILES string of the molecule is CNC1CCN(C(=O)C(C)Oc2ccccc2C(F)(F)F)CC1.Cl. The highest BCUT2D eigenvalue weighted by atomic mass is 35.5. The number of ether oxygens (including phenoxy) is 1. The first-order valence-electron chi connectivity index (χ1n) is 7.62. The molecule has 1 aliphatic heterocycles. The number of amides is 1. The van der Waals surface area contributed by atoms with Crippen LogP contribution in [0.25, 0.3) is 0 Å². The van der Waals surface area contributed by atoms with Gasteiger partial charge < -0.3 is 15.0 Å². The highest BCUT2D eigenvalue weighted by molar-refractivity contribution is 5.85. The molecule has 1 saturated heterocycles. The highest BCUT2D eigenvalue weighted by Gasteiger charge is 2.35. The summed E-state index contributed by atoms with van der Waals surface area (Å²) in [7, 11) is 1.88. The number of rotatable bonds is 4. The number of carbonyl (C=O) groups is 1. The third-order valence-corrected chi connectivity index (χ3v) is 4.06. The van der Waals surface area contributed by atoms with Crippen LogP contribution < -0.4 is 10.1 Å². The van der Waals surface area contributed by atoms with E-state index in [1.165, 1.54) is 25.1 Å². The van der Waals surface area contributed by atoms with Crippen LogP contribution in [0.5, 0.6) is 5.75 Å². The maximum absolute atomic E-state index is 13.0. The van der Waals surface area contributed by atoms with E-state index in [-0.39, 0.29) is 24.1 Å². The summed E-state index contributed by atoms with van der Waals surface area (Å²) in [5.74, 6) is -0.595. The second kappa shape index (κ2) is 8.58. The average Bonchev–Trinajstić information content (AvgIpc) is 2.53. The van der Waals surface area contributed by atoms with Gasteiger partial charge in [0.25, 0.3) is 5.91 Å². The Morgan fingerprint density at radius 3 is 2.42 bits per heavy atom. The molecule has 1 aromatic rings. The molecule has 1 fully saturated rings. The Balaban J connectivity index is 0.00000288. The maximum Gasteiger partial charge on any atom is 0.419 e. The predicted octanol–water partition coefficient (Wildman–Crippen LogP) is 3.10. The summed E-state index contributed by atoms with van der Waals surface area (Å²) in [5, 5.41) is 3.16. The molecule has 0 spiro atoms. The van der Waals surface area contributed by atoms with Gasteiger partial charge in [-0.15, -0.1) is 12.4 Å². The maximum atomic E-state index is 13.0. The van der Waals surface area contributed by atoms with E-state index in [4.69, 9.17) is 4.74 Å². The van der Waals surface area contributed by atoms with Crippen LogP contribution in [0, 0.1) is 0 Å². The van der Waals surface area contributed by atoms with Crippen molar-refractivity contribution in [3.8, 4) is 5.75 Å². The molecule has 1 heterocycles. The fourth-order valence-electron chi connectivity index (χ4n) is 2.69. The zero-order chi connectivity index (χ0) is 17.0. The highest BCUT2D eigenvalue weighted by Crippen LogP contribution is 2.36. The molecule has 0 aliphatic carbocycles. The zero-order valence-electron chi connectivity index (χ0n) is 13.6. The molecule has 1 N–H and O–H groups in total. The molecule has 1 aromatic carbocycles. The van der Waals surface area contributed by atoms with Crippen LogP contribution in [0.1, 0.15) is 25.3 Å². The molecule has 4 nitrogen and oxygen atoms in total. The molecular formula is C16H22ClF3N2O2. The van der Waals surface area contributed by atoms with E-state index in [1.54, 1.807) is 4.90 Å². The number of halogens is 4. The number of alkyl halides is 3. The molecule has 0 radical (unpaired) electrons. The normalized spacial score (nSPS) is 17.1. The summed E-state index contributed by atoms with van der Waals surface area (Å²) in [6.45, 7) is 2.65. The Labute approximate surface area is 145 Å². The van der Waals surface area contributed by atoms with Gasteiger partial charge in [-0.25, -0.2) is 0 Å². The first kappa shape index (κ1) is 20.6. The molecule has 1 atom stereocenters. The summed E-state index contributed by atoms with van der Waals surface area (Å²) < 4.78 is 44.2. The second-order valence-electron chi connectivity index (χ2n) is 5.64. The van der Waals surface area contributed by atoms with E-state index in [2.05, 4.69) is 5.32 Å². The van der Waals surface area contributed by atoms with Gasteiger partial charge in [-0.05, 0) is 38.9 Å². The molecule has 136 valence electrons. The summed E-state index contributed by atoms with van der Waals surface area (Å²) in [4.78, 5) is 14.0. The van der Waals surface area contributed by atoms with Gasteiger partial charge in [0.15, 0.2) is 6.10 Å². The van der Waals surface area contributed by atoms with Gasteiger partial charge in [-0.1, -0.05) is 12.1 Å². The van der Waals surface area contributed by atoms with Crippen molar-refractivity contribution in [3.05, 3.63) is 29.8 Å². The lowest BCUT2D eigenvalue weighted by molar-refractivity contribution is -0.144. The first-order valence-corrected chi connectivity index (χ1v) is 7.62. The Morgan fingerprint density at radius 1 is 1.29 bits per heavy atom. The minimum absolute atomic E-state index is 0. The van der Waals surface area contributed by atoms with E-state index < -0.39 is 17.8 Å². The van der Waals surface area contributed by atoms with Crippen LogP contribution in [0.15, 0.2) is 24.3 Å². The van der Waals surface area contributed by atoms with Crippen molar-refractivity contribution < 1.29 is 22.7 Å². The molecule has 0 bridgehead atoms. The number of carbonyl (C=O) groups excluding carboxylic acids is 1. The topological polar surface area (TPSA) is 41.6 Å². The van der Waals surface area contributed by atoms with Crippen LogP contribution >= 0.6 is 12.4 Å². The molecule has 0 aromatic heterocycles. The standard InChI is InChI=1S/C16H21F3N2O2.ClH/c1-11(15(22)21-9-7-12(20-2)8-10-21)23-14-6-4-3-5-13(14)16(17,18)19;/h3-6,11-12,20H,7-10H2,1-2H3;1H. The average molecular weight is 367 g/mol. The fourth-order valence-corrected chi connectivity index (χ4v) is 2.69. The van der Waals surface area contributed by atoms with Crippen LogP contribution in [-0.2, 0) is 11.0 Å². The van der Waals surface area contributed by atoms with Gasteiger partial charge in [0, 0.05) is 19.1 Å². The monoisotopic (exact) mass is 366 g/mol. The van der Waals surface area contributed by atoms with Gasteiger partial charge >= 0.3 is 6.18 Å². The van der Waals surface area contributed by atoms with Crippen molar-refractivity contribution >= 4 is 18.3 Å². The van der Waals surface area contributed by atoms with Crippen molar-refractivity contribution in [3.63, 3.8) is 0 Å². The van der Waals surface area contributed by atoms with Crippen molar-refractivity contribution in [1.29, 1.82) is 0 Å². The lowest BCUT2D eigenvalue weighted by Gasteiger charge is -2.33. The Bertz CT molecular complexity index is 546. The number of nitrogens with one attached hydrogen (secondary N) is 1. The van der Waals surface area contributed by atoms with E-state index in [1.807, 2.05) is 7.05 Å². The van der Waals surface area contributed by atoms with Gasteiger partial charge in [-0.2, -0.15) is 13.2 Å². The first-order chi connectivity index (χ1) is 10.8. The molecule has 1 aliphatic rings. The minimum Gasteiger partial charge on any atom is -0.480 e. The van der Waals surface area contributed by atoms with Crippen LogP contribution in [-0.4, -0.2) is 43.1 Å². The van der Waals surface area contributed by atoms with Crippen molar-refractivity contribution in [2.75, 3.05) is 20.1 Å². The molecule has 8 heteroatoms. The predicted molar refractivity (Wildman–Crippen MR) is 87.4 cm³/mol. The summed E-state index contributed by atoms with van der Waals surface area (Å²) >= 11 is 0. The summed E-state index contributed by atoms with van der Waals surface area (Å²) in [5.41, 5.74) is -0.867. The number of nitrogens with zero attached hydrogens (tertiary/aromatic N) is 1. The lowest BCUT2D eigenvalue weighted by Crippen LogP contribution is -2.48. The Morgan fingerprint density at radius 2 is 1.88 bits per heavy atom. The molecule has 2 rings (SSSR count). The largest absolute Gasteiger partial charge is 0.480 e. The van der Waals surface area contributed by atoms with Crippen LogP contribution in [0.3, 0.4) is 0 Å². The quantitative estimate of drug-likeness (QED) is 0.890. The van der Waals surface area contributed by atoms with E-state index in [0.29, 0.717) is 19.1 Å². The van der Waals surface area contributed by atoms with Gasteiger partial charge in [-0.3, -0.25) is 4.79 Å². The molecule has 0 saturated carbocycles. The van der Waals surface area contributed by atoms with E-state index in [0.717, 1.165) is 18.9 Å². The second-order valence-corrected chi connectivity index (χ2v) is 5.64. The number of piperidine rings is 1. The van der Waals surface area contributed by atoms with Crippen LogP contribution in [0.4, 0.5) is 13.2 Å². The Hall–Kier alpha value is -1.47. The Kier molecular flexibility index (Phi) is 7.35. The zero-order valence-corrected chi connectivity index (χ0v) is 14.4. The van der Waals surface area contributed by atoms with Crippen LogP contribution in [0.2, 0.25) is 0 Å². The molecule has 1 unspecified atom stereocenters. The smallest absolute Gasteiger partial charge is 0.419 e. The lowest BCUT2D eigenvalue weighted by atomic mass is 10.0. The number of para-hydroxylation sites is 1.